The molecule has 0 aromatic carbocycles. The van der Waals surface area contributed by atoms with E-state index in [0.29, 0.717) is 11.1 Å². The molecule has 0 bridgehead atoms. The number of hydrogen-bond donors (Lipinski definition) is 1. The highest BCUT2D eigenvalue weighted by molar-refractivity contribution is 8.00. The fourth-order valence-corrected chi connectivity index (χ4v) is 2.27. The molecular weight excluding hydrogens is 278 g/mol. The minimum atomic E-state index is -0.295. The summed E-state index contributed by atoms with van der Waals surface area (Å²) in [6.45, 7) is 7.46. The highest BCUT2D eigenvalue weighted by Crippen LogP contribution is 2.28. The summed E-state index contributed by atoms with van der Waals surface area (Å²) >= 11 is 1.23. The van der Waals surface area contributed by atoms with E-state index in [1.54, 1.807) is 19.3 Å². The summed E-state index contributed by atoms with van der Waals surface area (Å²) in [5, 5.41) is 10.8. The molecule has 2 aromatic rings. The van der Waals surface area contributed by atoms with Gasteiger partial charge >= 0.3 is 0 Å². The second-order valence-electron chi connectivity index (χ2n) is 4.69. The van der Waals surface area contributed by atoms with Crippen molar-refractivity contribution in [3.05, 3.63) is 18.1 Å². The Morgan fingerprint density at radius 3 is 2.70 bits per heavy atom. The Hall–Kier alpha value is -1.76. The topological polar surface area (TPSA) is 81.2 Å². The molecule has 0 saturated carbocycles. The van der Waals surface area contributed by atoms with E-state index in [0.717, 1.165) is 11.3 Å². The molecule has 0 aliphatic heterocycles. The van der Waals surface area contributed by atoms with Crippen LogP contribution in [0.3, 0.4) is 0 Å². The van der Waals surface area contributed by atoms with Crippen molar-refractivity contribution in [2.75, 3.05) is 0 Å². The standard InChI is InChI=1S/C13H17N3O3S/c1-7(2)14-11(17)9(4)20-13-16-15-12(19-13)10-5-6-18-8(10)3/h5-7,9H,1-4H3,(H,14,17). The largest absolute Gasteiger partial charge is 0.469 e. The van der Waals surface area contributed by atoms with Crippen LogP contribution in [0.1, 0.15) is 26.5 Å². The maximum absolute atomic E-state index is 11.8. The molecule has 0 fully saturated rings. The number of rotatable bonds is 5. The number of carbonyl (C=O) groups is 1. The average Bonchev–Trinajstić information content (AvgIpc) is 2.97. The van der Waals surface area contributed by atoms with Gasteiger partial charge in [-0.1, -0.05) is 11.8 Å². The van der Waals surface area contributed by atoms with Gasteiger partial charge in [0, 0.05) is 6.04 Å². The first-order valence-corrected chi connectivity index (χ1v) is 7.20. The van der Waals surface area contributed by atoms with E-state index in [9.17, 15) is 4.79 Å². The minimum Gasteiger partial charge on any atom is -0.469 e. The van der Waals surface area contributed by atoms with Crippen LogP contribution >= 0.6 is 11.8 Å². The Kier molecular flexibility index (Phi) is 4.49. The number of carbonyl (C=O) groups excluding carboxylic acids is 1. The van der Waals surface area contributed by atoms with Crippen molar-refractivity contribution in [2.45, 2.75) is 44.2 Å². The first kappa shape index (κ1) is 14.6. The minimum absolute atomic E-state index is 0.0516. The Bertz CT molecular complexity index is 591. The lowest BCUT2D eigenvalue weighted by molar-refractivity contribution is -0.120. The lowest BCUT2D eigenvalue weighted by Gasteiger charge is -2.12. The van der Waals surface area contributed by atoms with Gasteiger partial charge in [0.15, 0.2) is 0 Å². The highest BCUT2D eigenvalue weighted by Gasteiger charge is 2.20. The number of furan rings is 1. The molecule has 0 aliphatic rings. The Morgan fingerprint density at radius 2 is 2.10 bits per heavy atom. The quantitative estimate of drug-likeness (QED) is 0.854. The molecule has 7 heteroatoms. The summed E-state index contributed by atoms with van der Waals surface area (Å²) in [5.74, 6) is 1.07. The lowest BCUT2D eigenvalue weighted by atomic mass is 10.3. The molecule has 2 heterocycles. The van der Waals surface area contributed by atoms with E-state index in [2.05, 4.69) is 15.5 Å². The number of nitrogens with one attached hydrogen (secondary N) is 1. The first-order valence-electron chi connectivity index (χ1n) is 6.32. The van der Waals surface area contributed by atoms with Gasteiger partial charge in [-0.2, -0.15) is 0 Å². The molecule has 2 aromatic heterocycles. The van der Waals surface area contributed by atoms with E-state index < -0.39 is 0 Å². The van der Waals surface area contributed by atoms with Gasteiger partial charge in [-0.25, -0.2) is 0 Å². The number of hydrogen-bond acceptors (Lipinski definition) is 6. The van der Waals surface area contributed by atoms with Gasteiger partial charge in [0.25, 0.3) is 11.1 Å². The van der Waals surface area contributed by atoms with E-state index in [1.165, 1.54) is 11.8 Å². The average molecular weight is 295 g/mol. The van der Waals surface area contributed by atoms with Gasteiger partial charge in [0.2, 0.25) is 5.91 Å². The summed E-state index contributed by atoms with van der Waals surface area (Å²) in [5.41, 5.74) is 0.767. The van der Waals surface area contributed by atoms with Crippen LogP contribution in [0.15, 0.2) is 26.4 Å². The van der Waals surface area contributed by atoms with E-state index in [-0.39, 0.29) is 17.2 Å². The summed E-state index contributed by atoms with van der Waals surface area (Å²) < 4.78 is 10.7. The molecule has 1 atom stereocenters. The van der Waals surface area contributed by atoms with Crippen molar-refractivity contribution in [3.8, 4) is 11.5 Å². The summed E-state index contributed by atoms with van der Waals surface area (Å²) in [7, 11) is 0. The molecule has 1 unspecified atom stereocenters. The molecule has 0 aliphatic carbocycles. The highest BCUT2D eigenvalue weighted by atomic mass is 32.2. The van der Waals surface area contributed by atoms with Crippen molar-refractivity contribution < 1.29 is 13.6 Å². The number of nitrogens with zero attached hydrogens (tertiary/aromatic N) is 2. The molecule has 2 rings (SSSR count). The van der Waals surface area contributed by atoms with Crippen molar-refractivity contribution in [3.63, 3.8) is 0 Å². The normalized spacial score (nSPS) is 12.7. The van der Waals surface area contributed by atoms with Gasteiger partial charge in [0.1, 0.15) is 5.76 Å². The van der Waals surface area contributed by atoms with E-state index in [1.807, 2.05) is 20.8 Å². The summed E-state index contributed by atoms with van der Waals surface area (Å²) in [6, 6.07) is 1.88. The lowest BCUT2D eigenvalue weighted by Crippen LogP contribution is -2.35. The fourth-order valence-electron chi connectivity index (χ4n) is 1.58. The first-order chi connectivity index (χ1) is 9.47. The summed E-state index contributed by atoms with van der Waals surface area (Å²) in [4.78, 5) is 11.8. The van der Waals surface area contributed by atoms with E-state index >= 15 is 0 Å². The molecule has 108 valence electrons. The maximum atomic E-state index is 11.8. The zero-order chi connectivity index (χ0) is 14.7. The van der Waals surface area contributed by atoms with Gasteiger partial charge in [0.05, 0.1) is 17.1 Å². The maximum Gasteiger partial charge on any atom is 0.277 e. The van der Waals surface area contributed by atoms with Crippen molar-refractivity contribution in [2.24, 2.45) is 0 Å². The molecule has 0 saturated heterocycles. The molecule has 20 heavy (non-hydrogen) atoms. The number of aryl methyl sites for hydroxylation is 1. The second kappa shape index (κ2) is 6.13. The van der Waals surface area contributed by atoms with Crippen molar-refractivity contribution in [1.82, 2.24) is 15.5 Å². The molecule has 0 spiro atoms. The van der Waals surface area contributed by atoms with Crippen LogP contribution in [-0.4, -0.2) is 27.4 Å². The Morgan fingerprint density at radius 1 is 1.35 bits per heavy atom. The molecule has 1 N–H and O–H groups in total. The van der Waals surface area contributed by atoms with Crippen LogP contribution in [0.4, 0.5) is 0 Å². The number of thioether (sulfide) groups is 1. The van der Waals surface area contributed by atoms with Crippen LogP contribution in [0.25, 0.3) is 11.5 Å². The predicted octanol–water partition coefficient (Wildman–Crippen LogP) is 2.64. The fraction of sp³-hybridized carbons (Fsp3) is 0.462. The predicted molar refractivity (Wildman–Crippen MR) is 75.3 cm³/mol. The molecule has 6 nitrogen and oxygen atoms in total. The Labute approximate surface area is 121 Å². The van der Waals surface area contributed by atoms with Gasteiger partial charge in [-0.05, 0) is 33.8 Å². The molecule has 1 amide bonds. The number of aromatic nitrogens is 2. The third-order valence-electron chi connectivity index (χ3n) is 2.57. The molecular formula is C13H17N3O3S. The monoisotopic (exact) mass is 295 g/mol. The Balaban J connectivity index is 2.03. The van der Waals surface area contributed by atoms with Crippen LogP contribution in [0.5, 0.6) is 0 Å². The number of amides is 1. The third kappa shape index (κ3) is 3.41. The van der Waals surface area contributed by atoms with Crippen LogP contribution < -0.4 is 5.32 Å². The van der Waals surface area contributed by atoms with Gasteiger partial charge in [-0.3, -0.25) is 4.79 Å². The zero-order valence-electron chi connectivity index (χ0n) is 11.8. The van der Waals surface area contributed by atoms with Crippen LogP contribution in [0, 0.1) is 6.92 Å². The SMILES string of the molecule is Cc1occc1-c1nnc(SC(C)C(=O)NC(C)C)o1. The van der Waals surface area contributed by atoms with Gasteiger partial charge < -0.3 is 14.2 Å². The van der Waals surface area contributed by atoms with Gasteiger partial charge in [-0.15, -0.1) is 10.2 Å². The second-order valence-corrected chi connectivity index (χ2v) is 5.98. The van der Waals surface area contributed by atoms with Crippen LogP contribution in [0.2, 0.25) is 0 Å². The van der Waals surface area contributed by atoms with Crippen molar-refractivity contribution in [1.29, 1.82) is 0 Å². The smallest absolute Gasteiger partial charge is 0.277 e. The molecule has 0 radical (unpaired) electrons. The van der Waals surface area contributed by atoms with Crippen LogP contribution in [-0.2, 0) is 4.79 Å². The van der Waals surface area contributed by atoms with E-state index in [4.69, 9.17) is 8.83 Å². The third-order valence-corrected chi connectivity index (χ3v) is 3.51. The zero-order valence-corrected chi connectivity index (χ0v) is 12.7. The summed E-state index contributed by atoms with van der Waals surface area (Å²) in [6.07, 6.45) is 1.57. The van der Waals surface area contributed by atoms with Crippen molar-refractivity contribution >= 4 is 17.7 Å².